The summed E-state index contributed by atoms with van der Waals surface area (Å²) in [6, 6.07) is 5.09. The molecule has 2 rings (SSSR count). The van der Waals surface area contributed by atoms with E-state index in [0.29, 0.717) is 42.6 Å². The van der Waals surface area contributed by atoms with Crippen molar-refractivity contribution in [2.45, 2.75) is 26.2 Å². The van der Waals surface area contributed by atoms with Crippen molar-refractivity contribution in [1.82, 2.24) is 4.90 Å². The Morgan fingerprint density at radius 1 is 1.40 bits per heavy atom. The molecular weight excluding hydrogens is 344 g/mol. The Hall–Kier alpha value is -1.79. The van der Waals surface area contributed by atoms with Crippen molar-refractivity contribution < 1.29 is 19.1 Å². The fraction of sp³-hybridized carbons (Fsp3) is 0.556. The first-order valence-corrected chi connectivity index (χ1v) is 8.93. The lowest BCUT2D eigenvalue weighted by Gasteiger charge is -2.31. The topological polar surface area (TPSA) is 67.9 Å². The zero-order chi connectivity index (χ0) is 18.2. The van der Waals surface area contributed by atoms with Gasteiger partial charge in [0.15, 0.2) is 0 Å². The van der Waals surface area contributed by atoms with E-state index in [0.717, 1.165) is 19.4 Å². The molecule has 25 heavy (non-hydrogen) atoms. The number of piperidine rings is 1. The maximum atomic E-state index is 12.2. The summed E-state index contributed by atoms with van der Waals surface area (Å²) >= 11 is 5.97. The lowest BCUT2D eigenvalue weighted by molar-refractivity contribution is -0.149. The minimum absolute atomic E-state index is 0.0928. The van der Waals surface area contributed by atoms with Gasteiger partial charge in [-0.25, -0.2) is 0 Å². The third-order valence-electron chi connectivity index (χ3n) is 4.22. The number of hydrogen-bond donors (Lipinski definition) is 1. The van der Waals surface area contributed by atoms with Crippen LogP contribution in [0.2, 0.25) is 5.02 Å². The van der Waals surface area contributed by atoms with E-state index in [1.165, 1.54) is 0 Å². The summed E-state index contributed by atoms with van der Waals surface area (Å²) in [6.07, 6.45) is 2.12. The van der Waals surface area contributed by atoms with Gasteiger partial charge in [0.05, 0.1) is 25.3 Å². The van der Waals surface area contributed by atoms with Gasteiger partial charge in [-0.05, 0) is 44.5 Å². The van der Waals surface area contributed by atoms with Crippen LogP contribution in [0.25, 0.3) is 0 Å². The van der Waals surface area contributed by atoms with Crippen LogP contribution in [0.4, 0.5) is 5.69 Å². The molecule has 1 heterocycles. The SMILES string of the molecule is CCOC(=O)C1CCCN(CCC(=O)Nc2cc(Cl)ccc2OC)C1. The largest absolute Gasteiger partial charge is 0.495 e. The van der Waals surface area contributed by atoms with Gasteiger partial charge in [-0.2, -0.15) is 0 Å². The fourth-order valence-electron chi connectivity index (χ4n) is 2.96. The Morgan fingerprint density at radius 3 is 2.92 bits per heavy atom. The van der Waals surface area contributed by atoms with Crippen molar-refractivity contribution in [2.75, 3.05) is 38.7 Å². The highest BCUT2D eigenvalue weighted by atomic mass is 35.5. The van der Waals surface area contributed by atoms with Gasteiger partial charge in [-0.15, -0.1) is 0 Å². The highest BCUT2D eigenvalue weighted by Gasteiger charge is 2.26. The molecule has 138 valence electrons. The summed E-state index contributed by atoms with van der Waals surface area (Å²) in [5, 5.41) is 3.36. The minimum atomic E-state index is -0.139. The molecule has 1 aliphatic rings. The molecule has 1 fully saturated rings. The standard InChI is InChI=1S/C18H25ClN2O4/c1-3-25-18(23)13-5-4-9-21(12-13)10-8-17(22)20-15-11-14(19)6-7-16(15)24-2/h6-7,11,13H,3-5,8-10,12H2,1-2H3,(H,20,22). The first-order chi connectivity index (χ1) is 12.0. The number of nitrogens with one attached hydrogen (secondary N) is 1. The number of carbonyl (C=O) groups is 2. The maximum Gasteiger partial charge on any atom is 0.310 e. The molecular formula is C18H25ClN2O4. The number of halogens is 1. The summed E-state index contributed by atoms with van der Waals surface area (Å²) < 4.78 is 10.3. The van der Waals surface area contributed by atoms with Crippen LogP contribution >= 0.6 is 11.6 Å². The summed E-state index contributed by atoms with van der Waals surface area (Å²) in [6.45, 7) is 4.35. The van der Waals surface area contributed by atoms with E-state index in [2.05, 4.69) is 10.2 Å². The van der Waals surface area contributed by atoms with Gasteiger partial charge in [0, 0.05) is 24.5 Å². The highest BCUT2D eigenvalue weighted by molar-refractivity contribution is 6.31. The van der Waals surface area contributed by atoms with Crippen molar-refractivity contribution in [2.24, 2.45) is 5.92 Å². The Balaban J connectivity index is 1.83. The number of benzene rings is 1. The van der Waals surface area contributed by atoms with Gasteiger partial charge < -0.3 is 19.7 Å². The molecule has 0 saturated carbocycles. The summed E-state index contributed by atoms with van der Waals surface area (Å²) in [4.78, 5) is 26.2. The van der Waals surface area contributed by atoms with Crippen LogP contribution < -0.4 is 10.1 Å². The molecule has 1 atom stereocenters. The molecule has 1 unspecified atom stereocenters. The van der Waals surface area contributed by atoms with E-state index in [1.54, 1.807) is 25.3 Å². The number of carbonyl (C=O) groups excluding carboxylic acids is 2. The quantitative estimate of drug-likeness (QED) is 0.749. The van der Waals surface area contributed by atoms with Crippen LogP contribution in [-0.2, 0) is 14.3 Å². The van der Waals surface area contributed by atoms with Gasteiger partial charge in [-0.3, -0.25) is 9.59 Å². The average Bonchev–Trinajstić information content (AvgIpc) is 2.61. The molecule has 1 aliphatic heterocycles. The number of rotatable bonds is 7. The van der Waals surface area contributed by atoms with Gasteiger partial charge in [0.1, 0.15) is 5.75 Å². The molecule has 0 spiro atoms. The normalized spacial score (nSPS) is 17.8. The monoisotopic (exact) mass is 368 g/mol. The molecule has 1 aromatic carbocycles. The smallest absolute Gasteiger partial charge is 0.310 e. The Kier molecular flexibility index (Phi) is 7.52. The number of esters is 1. The zero-order valence-corrected chi connectivity index (χ0v) is 15.5. The van der Waals surface area contributed by atoms with E-state index in [4.69, 9.17) is 21.1 Å². The van der Waals surface area contributed by atoms with Crippen molar-refractivity contribution in [1.29, 1.82) is 0 Å². The summed E-state index contributed by atoms with van der Waals surface area (Å²) in [5.41, 5.74) is 0.558. The van der Waals surface area contributed by atoms with Crippen LogP contribution in [0, 0.1) is 5.92 Å². The lowest BCUT2D eigenvalue weighted by Crippen LogP contribution is -2.40. The molecule has 1 amide bonds. The molecule has 7 heteroatoms. The van der Waals surface area contributed by atoms with Gasteiger partial charge in [0.25, 0.3) is 0 Å². The van der Waals surface area contributed by atoms with E-state index in [9.17, 15) is 9.59 Å². The molecule has 1 N–H and O–H groups in total. The third kappa shape index (κ3) is 5.90. The first-order valence-electron chi connectivity index (χ1n) is 8.55. The fourth-order valence-corrected chi connectivity index (χ4v) is 3.13. The van der Waals surface area contributed by atoms with Crippen LogP contribution in [0.5, 0.6) is 5.75 Å². The zero-order valence-electron chi connectivity index (χ0n) is 14.7. The van der Waals surface area contributed by atoms with E-state index >= 15 is 0 Å². The molecule has 0 bridgehead atoms. The number of likely N-dealkylation sites (tertiary alicyclic amines) is 1. The van der Waals surface area contributed by atoms with E-state index in [1.807, 2.05) is 6.92 Å². The van der Waals surface area contributed by atoms with Gasteiger partial charge in [-0.1, -0.05) is 11.6 Å². The van der Waals surface area contributed by atoms with Crippen LogP contribution in [-0.4, -0.2) is 50.1 Å². The molecule has 1 saturated heterocycles. The predicted molar refractivity (Wildman–Crippen MR) is 97.0 cm³/mol. The van der Waals surface area contributed by atoms with Gasteiger partial charge in [0.2, 0.25) is 5.91 Å². The number of ether oxygens (including phenoxy) is 2. The summed E-state index contributed by atoms with van der Waals surface area (Å²) in [7, 11) is 1.54. The van der Waals surface area contributed by atoms with Crippen molar-refractivity contribution in [3.63, 3.8) is 0 Å². The average molecular weight is 369 g/mol. The minimum Gasteiger partial charge on any atom is -0.495 e. The molecule has 1 aromatic rings. The molecule has 0 aliphatic carbocycles. The van der Waals surface area contributed by atoms with Crippen LogP contribution in [0.15, 0.2) is 18.2 Å². The molecule has 0 aromatic heterocycles. The molecule has 6 nitrogen and oxygen atoms in total. The van der Waals surface area contributed by atoms with Crippen molar-refractivity contribution in [3.8, 4) is 5.75 Å². The van der Waals surface area contributed by atoms with E-state index in [-0.39, 0.29) is 17.8 Å². The van der Waals surface area contributed by atoms with Crippen molar-refractivity contribution >= 4 is 29.2 Å². The lowest BCUT2D eigenvalue weighted by atomic mass is 9.98. The highest BCUT2D eigenvalue weighted by Crippen LogP contribution is 2.27. The predicted octanol–water partition coefficient (Wildman–Crippen LogP) is 2.95. The Bertz CT molecular complexity index is 609. The second-order valence-electron chi connectivity index (χ2n) is 6.03. The van der Waals surface area contributed by atoms with Gasteiger partial charge >= 0.3 is 5.97 Å². The number of hydrogen-bond acceptors (Lipinski definition) is 5. The number of amides is 1. The Morgan fingerprint density at radius 2 is 2.20 bits per heavy atom. The number of anilines is 1. The Labute approximate surface area is 153 Å². The second-order valence-corrected chi connectivity index (χ2v) is 6.47. The summed E-state index contributed by atoms with van der Waals surface area (Å²) in [5.74, 6) is 0.224. The van der Waals surface area contributed by atoms with E-state index < -0.39 is 0 Å². The number of methoxy groups -OCH3 is 1. The second kappa shape index (κ2) is 9.63. The van der Waals surface area contributed by atoms with Crippen LogP contribution in [0.1, 0.15) is 26.2 Å². The first kappa shape index (κ1) is 19.5. The van der Waals surface area contributed by atoms with Crippen molar-refractivity contribution in [3.05, 3.63) is 23.2 Å². The number of nitrogens with zero attached hydrogens (tertiary/aromatic N) is 1. The van der Waals surface area contributed by atoms with Crippen LogP contribution in [0.3, 0.4) is 0 Å². The maximum absolute atomic E-state index is 12.2. The molecule has 0 radical (unpaired) electrons. The third-order valence-corrected chi connectivity index (χ3v) is 4.45.